The number of hydrogen-bond acceptors (Lipinski definition) is 2. The van der Waals surface area contributed by atoms with E-state index in [0.29, 0.717) is 6.42 Å². The van der Waals surface area contributed by atoms with Crippen LogP contribution in [0.2, 0.25) is 0 Å². The number of rotatable bonds is 3. The van der Waals surface area contributed by atoms with Gasteiger partial charge in [0, 0.05) is 24.7 Å². The van der Waals surface area contributed by atoms with Gasteiger partial charge in [-0.15, -0.1) is 0 Å². The number of nitrogens with zero attached hydrogens (tertiary/aromatic N) is 1. The molecular formula is C7H11N3O. The minimum absolute atomic E-state index is 0.152. The number of H-pyrrole nitrogens is 1. The van der Waals surface area contributed by atoms with E-state index < -0.39 is 0 Å². The smallest absolute Gasteiger partial charge is 0.220 e. The largest absolute Gasteiger partial charge is 0.369 e. The second-order valence-electron chi connectivity index (χ2n) is 2.54. The van der Waals surface area contributed by atoms with Crippen LogP contribution in [0.4, 0.5) is 0 Å². The number of aromatic amines is 1. The van der Waals surface area contributed by atoms with Crippen molar-refractivity contribution in [1.29, 1.82) is 0 Å². The normalized spacial score (nSPS) is 12.8. The van der Waals surface area contributed by atoms with Crippen LogP contribution < -0.4 is 5.73 Å². The summed E-state index contributed by atoms with van der Waals surface area (Å²) in [4.78, 5) is 17.5. The highest BCUT2D eigenvalue weighted by atomic mass is 16.1. The molecule has 11 heavy (non-hydrogen) atoms. The summed E-state index contributed by atoms with van der Waals surface area (Å²) >= 11 is 0. The SMILES string of the molecule is CC(Cc1ncc[nH]1)C(N)=O. The first kappa shape index (κ1) is 7.78. The summed E-state index contributed by atoms with van der Waals surface area (Å²) in [6, 6.07) is 0. The van der Waals surface area contributed by atoms with Crippen LogP contribution in [0.25, 0.3) is 0 Å². The third-order valence-electron chi connectivity index (χ3n) is 1.54. The molecule has 1 aromatic rings. The number of primary amides is 1. The summed E-state index contributed by atoms with van der Waals surface area (Å²) in [5.74, 6) is 0.360. The van der Waals surface area contributed by atoms with E-state index in [1.165, 1.54) is 0 Å². The van der Waals surface area contributed by atoms with Gasteiger partial charge in [-0.25, -0.2) is 4.98 Å². The molecule has 0 aromatic carbocycles. The van der Waals surface area contributed by atoms with E-state index in [1.807, 2.05) is 0 Å². The maximum atomic E-state index is 10.6. The number of carbonyl (C=O) groups excluding carboxylic acids is 1. The maximum absolute atomic E-state index is 10.6. The average Bonchev–Trinajstić information content (AvgIpc) is 2.39. The van der Waals surface area contributed by atoms with Crippen molar-refractivity contribution in [2.75, 3.05) is 0 Å². The molecule has 0 radical (unpaired) electrons. The Morgan fingerprint density at radius 2 is 2.64 bits per heavy atom. The quantitative estimate of drug-likeness (QED) is 0.645. The highest BCUT2D eigenvalue weighted by Crippen LogP contribution is 2.01. The number of nitrogens with two attached hydrogens (primary N) is 1. The number of amides is 1. The standard InChI is InChI=1S/C7H11N3O/c1-5(7(8)11)4-6-9-2-3-10-6/h2-3,5H,4H2,1H3,(H2,8,11)(H,9,10). The van der Waals surface area contributed by atoms with E-state index in [2.05, 4.69) is 9.97 Å². The highest BCUT2D eigenvalue weighted by molar-refractivity contribution is 5.76. The van der Waals surface area contributed by atoms with Crippen LogP contribution in [0.15, 0.2) is 12.4 Å². The molecule has 0 aliphatic carbocycles. The molecule has 1 aromatic heterocycles. The van der Waals surface area contributed by atoms with E-state index in [0.717, 1.165) is 5.82 Å². The molecule has 60 valence electrons. The van der Waals surface area contributed by atoms with Gasteiger partial charge in [0.1, 0.15) is 5.82 Å². The Morgan fingerprint density at radius 3 is 3.09 bits per heavy atom. The van der Waals surface area contributed by atoms with Gasteiger partial charge in [-0.1, -0.05) is 6.92 Å². The lowest BCUT2D eigenvalue weighted by Crippen LogP contribution is -2.22. The van der Waals surface area contributed by atoms with E-state index in [1.54, 1.807) is 19.3 Å². The zero-order chi connectivity index (χ0) is 8.27. The average molecular weight is 153 g/mol. The van der Waals surface area contributed by atoms with Crippen molar-refractivity contribution in [3.8, 4) is 0 Å². The van der Waals surface area contributed by atoms with Crippen LogP contribution in [-0.2, 0) is 11.2 Å². The van der Waals surface area contributed by atoms with Crippen molar-refractivity contribution < 1.29 is 4.79 Å². The molecule has 1 unspecified atom stereocenters. The predicted molar refractivity (Wildman–Crippen MR) is 40.7 cm³/mol. The lowest BCUT2D eigenvalue weighted by Gasteiger charge is -2.02. The molecule has 4 heteroatoms. The van der Waals surface area contributed by atoms with Crippen molar-refractivity contribution >= 4 is 5.91 Å². The predicted octanol–water partition coefficient (Wildman–Crippen LogP) is 0.0736. The summed E-state index contributed by atoms with van der Waals surface area (Å²) in [6.07, 6.45) is 3.97. The molecular weight excluding hydrogens is 142 g/mol. The Kier molecular flexibility index (Phi) is 2.25. The number of carbonyl (C=O) groups is 1. The van der Waals surface area contributed by atoms with E-state index in [4.69, 9.17) is 5.73 Å². The molecule has 0 spiro atoms. The first-order valence-electron chi connectivity index (χ1n) is 3.47. The van der Waals surface area contributed by atoms with E-state index in [9.17, 15) is 4.79 Å². The van der Waals surface area contributed by atoms with Crippen LogP contribution in [-0.4, -0.2) is 15.9 Å². The van der Waals surface area contributed by atoms with Gasteiger partial charge < -0.3 is 10.7 Å². The van der Waals surface area contributed by atoms with E-state index in [-0.39, 0.29) is 11.8 Å². The second-order valence-corrected chi connectivity index (χ2v) is 2.54. The summed E-state index contributed by atoms with van der Waals surface area (Å²) in [7, 11) is 0. The monoisotopic (exact) mass is 153 g/mol. The molecule has 0 saturated heterocycles. The van der Waals surface area contributed by atoms with Gasteiger partial charge in [0.05, 0.1) is 0 Å². The first-order chi connectivity index (χ1) is 5.20. The fourth-order valence-corrected chi connectivity index (χ4v) is 0.800. The summed E-state index contributed by atoms with van der Waals surface area (Å²) in [5, 5.41) is 0. The maximum Gasteiger partial charge on any atom is 0.220 e. The number of nitrogens with one attached hydrogen (secondary N) is 1. The molecule has 1 amide bonds. The highest BCUT2D eigenvalue weighted by Gasteiger charge is 2.09. The molecule has 4 nitrogen and oxygen atoms in total. The van der Waals surface area contributed by atoms with Gasteiger partial charge >= 0.3 is 0 Å². The third kappa shape index (κ3) is 2.07. The Balaban J connectivity index is 2.50. The fraction of sp³-hybridized carbons (Fsp3) is 0.429. The Hall–Kier alpha value is -1.32. The Bertz CT molecular complexity index is 230. The molecule has 3 N–H and O–H groups in total. The van der Waals surface area contributed by atoms with Gasteiger partial charge in [-0.05, 0) is 0 Å². The molecule has 0 bridgehead atoms. The number of hydrogen-bond donors (Lipinski definition) is 2. The minimum Gasteiger partial charge on any atom is -0.369 e. The summed E-state index contributed by atoms with van der Waals surface area (Å²) < 4.78 is 0. The zero-order valence-corrected chi connectivity index (χ0v) is 6.37. The van der Waals surface area contributed by atoms with Gasteiger partial charge in [0.25, 0.3) is 0 Å². The Morgan fingerprint density at radius 1 is 1.91 bits per heavy atom. The molecule has 0 fully saturated rings. The Labute approximate surface area is 64.8 Å². The van der Waals surface area contributed by atoms with Crippen molar-refractivity contribution in [3.63, 3.8) is 0 Å². The van der Waals surface area contributed by atoms with Gasteiger partial charge in [0.15, 0.2) is 0 Å². The van der Waals surface area contributed by atoms with Crippen molar-refractivity contribution in [1.82, 2.24) is 9.97 Å². The summed E-state index contributed by atoms with van der Waals surface area (Å²) in [6.45, 7) is 1.78. The zero-order valence-electron chi connectivity index (χ0n) is 6.37. The van der Waals surface area contributed by atoms with Crippen LogP contribution in [0, 0.1) is 5.92 Å². The first-order valence-corrected chi connectivity index (χ1v) is 3.47. The van der Waals surface area contributed by atoms with Gasteiger partial charge in [-0.2, -0.15) is 0 Å². The number of imidazole rings is 1. The lowest BCUT2D eigenvalue weighted by atomic mass is 10.1. The van der Waals surface area contributed by atoms with Gasteiger partial charge in [-0.3, -0.25) is 4.79 Å². The second kappa shape index (κ2) is 3.18. The minimum atomic E-state index is -0.290. The van der Waals surface area contributed by atoms with Crippen molar-refractivity contribution in [3.05, 3.63) is 18.2 Å². The molecule has 1 rings (SSSR count). The van der Waals surface area contributed by atoms with Crippen LogP contribution in [0.5, 0.6) is 0 Å². The topological polar surface area (TPSA) is 71.8 Å². The van der Waals surface area contributed by atoms with E-state index >= 15 is 0 Å². The third-order valence-corrected chi connectivity index (χ3v) is 1.54. The van der Waals surface area contributed by atoms with Gasteiger partial charge in [0.2, 0.25) is 5.91 Å². The van der Waals surface area contributed by atoms with Crippen molar-refractivity contribution in [2.24, 2.45) is 11.7 Å². The lowest BCUT2D eigenvalue weighted by molar-refractivity contribution is -0.121. The molecule has 0 aliphatic heterocycles. The molecule has 1 heterocycles. The molecule has 0 saturated carbocycles. The molecule has 0 aliphatic rings. The number of aromatic nitrogens is 2. The fourth-order valence-electron chi connectivity index (χ4n) is 0.800. The summed E-state index contributed by atoms with van der Waals surface area (Å²) in [5.41, 5.74) is 5.07. The van der Waals surface area contributed by atoms with Crippen molar-refractivity contribution in [2.45, 2.75) is 13.3 Å². The molecule has 1 atom stereocenters. The van der Waals surface area contributed by atoms with Crippen LogP contribution in [0.1, 0.15) is 12.7 Å². The van der Waals surface area contributed by atoms with Crippen LogP contribution in [0.3, 0.4) is 0 Å². The van der Waals surface area contributed by atoms with Crippen LogP contribution >= 0.6 is 0 Å².